The molecule has 0 spiro atoms. The minimum Gasteiger partial charge on any atom is -0.300 e. The van der Waals surface area contributed by atoms with E-state index in [0.717, 1.165) is 15.7 Å². The average molecular weight is 466 g/mol. The van der Waals surface area contributed by atoms with Gasteiger partial charge in [-0.15, -0.1) is 11.3 Å². The van der Waals surface area contributed by atoms with Gasteiger partial charge >= 0.3 is 0 Å². The van der Waals surface area contributed by atoms with Gasteiger partial charge in [0.1, 0.15) is 0 Å². The number of nitrogens with zero attached hydrogens (tertiary/aromatic N) is 4. The molecule has 2 heterocycles. The van der Waals surface area contributed by atoms with Crippen molar-refractivity contribution in [2.45, 2.75) is 10.7 Å². The SMILES string of the molecule is Cc1csc(Nc2nc(-c3cccc(Br)c3)nc(C(Cl)(Cl)Cl)n2)n1. The van der Waals surface area contributed by atoms with Crippen molar-refractivity contribution in [2.75, 3.05) is 5.32 Å². The maximum atomic E-state index is 5.96. The van der Waals surface area contributed by atoms with Crippen LogP contribution in [0.4, 0.5) is 11.1 Å². The van der Waals surface area contributed by atoms with Gasteiger partial charge in [0.05, 0.1) is 5.69 Å². The lowest BCUT2D eigenvalue weighted by Gasteiger charge is -2.12. The van der Waals surface area contributed by atoms with Crippen molar-refractivity contribution in [1.29, 1.82) is 0 Å². The van der Waals surface area contributed by atoms with Crippen LogP contribution in [0.1, 0.15) is 11.5 Å². The summed E-state index contributed by atoms with van der Waals surface area (Å²) in [5.41, 5.74) is 1.66. The van der Waals surface area contributed by atoms with Gasteiger partial charge in [-0.3, -0.25) is 5.32 Å². The topological polar surface area (TPSA) is 63.6 Å². The van der Waals surface area contributed by atoms with Gasteiger partial charge in [-0.2, -0.15) is 9.97 Å². The first-order chi connectivity index (χ1) is 11.3. The van der Waals surface area contributed by atoms with E-state index in [9.17, 15) is 0 Å². The highest BCUT2D eigenvalue weighted by Gasteiger charge is 2.28. The summed E-state index contributed by atoms with van der Waals surface area (Å²) >= 11 is 22.7. The number of nitrogens with one attached hydrogen (secondary N) is 1. The van der Waals surface area contributed by atoms with Gasteiger partial charge < -0.3 is 0 Å². The van der Waals surface area contributed by atoms with Gasteiger partial charge in [0, 0.05) is 15.4 Å². The number of rotatable bonds is 3. The first kappa shape index (κ1) is 17.8. The van der Waals surface area contributed by atoms with Crippen molar-refractivity contribution in [3.63, 3.8) is 0 Å². The number of hydrogen-bond acceptors (Lipinski definition) is 6. The largest absolute Gasteiger partial charge is 0.300 e. The highest BCUT2D eigenvalue weighted by molar-refractivity contribution is 9.10. The second kappa shape index (κ2) is 7.09. The summed E-state index contributed by atoms with van der Waals surface area (Å²) in [5, 5.41) is 5.58. The normalized spacial score (nSPS) is 11.5. The van der Waals surface area contributed by atoms with Crippen molar-refractivity contribution in [3.8, 4) is 11.4 Å². The van der Waals surface area contributed by atoms with E-state index in [0.29, 0.717) is 11.0 Å². The van der Waals surface area contributed by atoms with Crippen LogP contribution in [-0.4, -0.2) is 19.9 Å². The third-order valence-corrected chi connectivity index (χ3v) is 4.69. The molecule has 1 N–H and O–H groups in total. The van der Waals surface area contributed by atoms with Crippen LogP contribution in [0.25, 0.3) is 11.4 Å². The fraction of sp³-hybridized carbons (Fsp3) is 0.143. The molecule has 3 aromatic rings. The Morgan fingerprint density at radius 2 is 1.92 bits per heavy atom. The summed E-state index contributed by atoms with van der Waals surface area (Å²) in [7, 11) is 0. The zero-order valence-corrected chi connectivity index (χ0v) is 16.8. The maximum Gasteiger partial charge on any atom is 0.250 e. The van der Waals surface area contributed by atoms with Crippen LogP contribution >= 0.6 is 62.1 Å². The van der Waals surface area contributed by atoms with Crippen LogP contribution < -0.4 is 5.32 Å². The molecule has 124 valence electrons. The third kappa shape index (κ3) is 4.34. The van der Waals surface area contributed by atoms with Crippen molar-refractivity contribution in [3.05, 3.63) is 45.6 Å². The Hall–Kier alpha value is -0.990. The number of halogens is 4. The molecule has 24 heavy (non-hydrogen) atoms. The number of benzene rings is 1. The molecule has 0 saturated heterocycles. The van der Waals surface area contributed by atoms with Gasteiger partial charge in [0.15, 0.2) is 16.8 Å². The van der Waals surface area contributed by atoms with Crippen molar-refractivity contribution in [2.24, 2.45) is 0 Å². The Kier molecular flexibility index (Phi) is 5.27. The standard InChI is InChI=1S/C14H9BrCl3N5S/c1-7-6-24-13(19-7)23-12-21-10(8-3-2-4-9(15)5-8)20-11(22-12)14(16,17)18/h2-6H,1H3,(H,19,20,21,22,23). The fourth-order valence-electron chi connectivity index (χ4n) is 1.82. The Bertz CT molecular complexity index is 881. The van der Waals surface area contributed by atoms with E-state index in [1.54, 1.807) is 0 Å². The van der Waals surface area contributed by atoms with E-state index in [1.807, 2.05) is 36.6 Å². The van der Waals surface area contributed by atoms with Gasteiger partial charge in [-0.1, -0.05) is 62.9 Å². The van der Waals surface area contributed by atoms with E-state index in [2.05, 4.69) is 41.2 Å². The molecule has 0 unspecified atom stereocenters. The van der Waals surface area contributed by atoms with Crippen molar-refractivity contribution in [1.82, 2.24) is 19.9 Å². The molecule has 3 rings (SSSR count). The summed E-state index contributed by atoms with van der Waals surface area (Å²) in [4.78, 5) is 17.2. The van der Waals surface area contributed by atoms with Crippen LogP contribution in [-0.2, 0) is 3.79 Å². The highest BCUT2D eigenvalue weighted by Crippen LogP contribution is 2.37. The van der Waals surface area contributed by atoms with Gasteiger partial charge in [-0.25, -0.2) is 9.97 Å². The lowest BCUT2D eigenvalue weighted by molar-refractivity contribution is 0.930. The lowest BCUT2D eigenvalue weighted by atomic mass is 10.2. The number of hydrogen-bond donors (Lipinski definition) is 1. The van der Waals surface area contributed by atoms with Crippen LogP contribution in [0.2, 0.25) is 0 Å². The molecule has 10 heteroatoms. The van der Waals surface area contributed by atoms with E-state index < -0.39 is 3.79 Å². The molecule has 5 nitrogen and oxygen atoms in total. The Balaban J connectivity index is 2.06. The molecule has 2 aromatic heterocycles. The Labute approximate surface area is 165 Å². The molecule has 0 fully saturated rings. The molecule has 1 aromatic carbocycles. The number of anilines is 2. The monoisotopic (exact) mass is 463 g/mol. The molecule has 0 radical (unpaired) electrons. The minimum absolute atomic E-state index is 0.0354. The molecule has 0 amide bonds. The quantitative estimate of drug-likeness (QED) is 0.508. The zero-order valence-electron chi connectivity index (χ0n) is 12.1. The smallest absolute Gasteiger partial charge is 0.250 e. The van der Waals surface area contributed by atoms with E-state index in [1.165, 1.54) is 11.3 Å². The molecule has 0 aliphatic carbocycles. The van der Waals surface area contributed by atoms with E-state index >= 15 is 0 Å². The zero-order chi connectivity index (χ0) is 17.3. The van der Waals surface area contributed by atoms with Crippen LogP contribution in [0.3, 0.4) is 0 Å². The van der Waals surface area contributed by atoms with Crippen LogP contribution in [0.15, 0.2) is 34.1 Å². The molecular weight excluding hydrogens is 457 g/mol. The Morgan fingerprint density at radius 1 is 1.12 bits per heavy atom. The molecule has 0 aliphatic rings. The van der Waals surface area contributed by atoms with Crippen LogP contribution in [0.5, 0.6) is 0 Å². The van der Waals surface area contributed by atoms with Gasteiger partial charge in [0.2, 0.25) is 9.74 Å². The summed E-state index contributed by atoms with van der Waals surface area (Å²) in [6.07, 6.45) is 0. The maximum absolute atomic E-state index is 5.96. The second-order valence-corrected chi connectivity index (χ2v) is 8.79. The molecule has 0 bridgehead atoms. The predicted molar refractivity (Wildman–Crippen MR) is 102 cm³/mol. The average Bonchev–Trinajstić information content (AvgIpc) is 2.91. The Morgan fingerprint density at radius 3 is 2.54 bits per heavy atom. The number of thiazole rings is 1. The summed E-state index contributed by atoms with van der Waals surface area (Å²) in [5.74, 6) is 0.687. The second-order valence-electron chi connectivity index (χ2n) is 4.73. The van der Waals surface area contributed by atoms with Gasteiger partial charge in [0.25, 0.3) is 0 Å². The van der Waals surface area contributed by atoms with Gasteiger partial charge in [-0.05, 0) is 19.1 Å². The van der Waals surface area contributed by atoms with Crippen molar-refractivity contribution >= 4 is 73.1 Å². The first-order valence-corrected chi connectivity index (χ1v) is 9.40. The minimum atomic E-state index is -1.76. The molecule has 0 saturated carbocycles. The summed E-state index contributed by atoms with van der Waals surface area (Å²) in [6.45, 7) is 1.90. The van der Waals surface area contributed by atoms with Crippen molar-refractivity contribution < 1.29 is 0 Å². The summed E-state index contributed by atoms with van der Waals surface area (Å²) in [6, 6.07) is 7.50. The number of aromatic nitrogens is 4. The number of aryl methyl sites for hydroxylation is 1. The molecular formula is C14H9BrCl3N5S. The fourth-order valence-corrected chi connectivity index (χ4v) is 3.16. The highest BCUT2D eigenvalue weighted by atomic mass is 79.9. The lowest BCUT2D eigenvalue weighted by Crippen LogP contribution is -2.12. The summed E-state index contributed by atoms with van der Waals surface area (Å²) < 4.78 is -0.875. The van der Waals surface area contributed by atoms with Crippen LogP contribution in [0, 0.1) is 6.92 Å². The molecule has 0 atom stereocenters. The number of alkyl halides is 3. The molecule has 0 aliphatic heterocycles. The third-order valence-electron chi connectivity index (χ3n) is 2.81. The van der Waals surface area contributed by atoms with E-state index in [4.69, 9.17) is 34.8 Å². The first-order valence-electron chi connectivity index (χ1n) is 6.59. The van der Waals surface area contributed by atoms with E-state index in [-0.39, 0.29) is 11.8 Å². The predicted octanol–water partition coefficient (Wildman–Crippen LogP) is 5.64.